The smallest absolute Gasteiger partial charge is 0.0585 e. The molecule has 4 aliphatic carbocycles. The summed E-state index contributed by atoms with van der Waals surface area (Å²) < 4.78 is 0. The highest BCUT2D eigenvalue weighted by atomic mass is 16.3. The van der Waals surface area contributed by atoms with Gasteiger partial charge in [0.1, 0.15) is 0 Å². The Labute approximate surface area is 85.9 Å². The first-order valence-electron chi connectivity index (χ1n) is 6.14. The van der Waals surface area contributed by atoms with E-state index >= 15 is 0 Å². The average molecular weight is 195 g/mol. The number of aliphatic hydroxyl groups is 1. The van der Waals surface area contributed by atoms with Crippen LogP contribution in [-0.2, 0) is 0 Å². The van der Waals surface area contributed by atoms with Crippen LogP contribution in [0.1, 0.15) is 32.1 Å². The van der Waals surface area contributed by atoms with Gasteiger partial charge < -0.3 is 10.8 Å². The summed E-state index contributed by atoms with van der Waals surface area (Å²) in [6.45, 7) is 0.188. The molecule has 0 aromatic rings. The van der Waals surface area contributed by atoms with Gasteiger partial charge in [-0.25, -0.2) is 0 Å². The van der Waals surface area contributed by atoms with Gasteiger partial charge in [-0.1, -0.05) is 0 Å². The molecule has 0 spiro atoms. The fourth-order valence-corrected chi connectivity index (χ4v) is 4.79. The van der Waals surface area contributed by atoms with Crippen molar-refractivity contribution in [3.05, 3.63) is 0 Å². The maximum Gasteiger partial charge on any atom is 0.0585 e. The molecule has 80 valence electrons. The molecule has 4 bridgehead atoms. The Hall–Kier alpha value is -0.0800. The molecule has 0 heterocycles. The SMILES string of the molecule is NC(CO)C1C2CC3CC(C2)CC1C3. The minimum absolute atomic E-state index is 0.0602. The summed E-state index contributed by atoms with van der Waals surface area (Å²) >= 11 is 0. The largest absolute Gasteiger partial charge is 0.395 e. The lowest BCUT2D eigenvalue weighted by molar-refractivity contribution is -0.0529. The maximum absolute atomic E-state index is 9.19. The quantitative estimate of drug-likeness (QED) is 0.699. The van der Waals surface area contributed by atoms with Gasteiger partial charge in [-0.15, -0.1) is 0 Å². The highest BCUT2D eigenvalue weighted by Gasteiger charge is 2.49. The summed E-state index contributed by atoms with van der Waals surface area (Å²) in [6, 6.07) is 0.0602. The van der Waals surface area contributed by atoms with Gasteiger partial charge in [-0.05, 0) is 61.7 Å². The zero-order chi connectivity index (χ0) is 9.71. The van der Waals surface area contributed by atoms with Crippen LogP contribution < -0.4 is 5.73 Å². The summed E-state index contributed by atoms with van der Waals surface area (Å²) in [4.78, 5) is 0. The molecule has 2 heteroatoms. The van der Waals surface area contributed by atoms with Crippen LogP contribution in [0.5, 0.6) is 0 Å². The van der Waals surface area contributed by atoms with Crippen LogP contribution in [0.4, 0.5) is 0 Å². The van der Waals surface area contributed by atoms with E-state index in [1.165, 1.54) is 32.1 Å². The number of nitrogens with two attached hydrogens (primary N) is 1. The molecule has 1 unspecified atom stereocenters. The molecule has 2 nitrogen and oxygen atoms in total. The molecule has 4 rings (SSSR count). The molecule has 0 aromatic carbocycles. The van der Waals surface area contributed by atoms with Gasteiger partial charge in [0.2, 0.25) is 0 Å². The lowest BCUT2D eigenvalue weighted by atomic mass is 9.50. The third-order valence-corrected chi connectivity index (χ3v) is 5.00. The first-order chi connectivity index (χ1) is 6.78. The van der Waals surface area contributed by atoms with E-state index in [0.29, 0.717) is 5.92 Å². The normalized spacial score (nSPS) is 52.3. The van der Waals surface area contributed by atoms with Crippen molar-refractivity contribution in [1.82, 2.24) is 0 Å². The van der Waals surface area contributed by atoms with Crippen molar-refractivity contribution in [1.29, 1.82) is 0 Å². The molecule has 0 aliphatic heterocycles. The van der Waals surface area contributed by atoms with Crippen molar-refractivity contribution in [3.63, 3.8) is 0 Å². The van der Waals surface area contributed by atoms with E-state index in [-0.39, 0.29) is 12.6 Å². The van der Waals surface area contributed by atoms with Gasteiger partial charge in [-0.2, -0.15) is 0 Å². The van der Waals surface area contributed by atoms with Crippen LogP contribution >= 0.6 is 0 Å². The molecule has 1 atom stereocenters. The molecule has 4 saturated carbocycles. The number of hydrogen-bond donors (Lipinski definition) is 2. The maximum atomic E-state index is 9.19. The first-order valence-corrected chi connectivity index (χ1v) is 6.14. The molecule has 3 N–H and O–H groups in total. The van der Waals surface area contributed by atoms with E-state index in [1.807, 2.05) is 0 Å². The third-order valence-electron chi connectivity index (χ3n) is 5.00. The number of rotatable bonds is 2. The average Bonchev–Trinajstić information content (AvgIpc) is 2.15. The fraction of sp³-hybridized carbons (Fsp3) is 1.00. The molecule has 0 aromatic heterocycles. The molecular weight excluding hydrogens is 174 g/mol. The van der Waals surface area contributed by atoms with Crippen molar-refractivity contribution in [3.8, 4) is 0 Å². The van der Waals surface area contributed by atoms with Crippen molar-refractivity contribution in [2.45, 2.75) is 38.1 Å². The molecule has 4 aliphatic rings. The Bertz CT molecular complexity index is 200. The van der Waals surface area contributed by atoms with E-state index in [9.17, 15) is 5.11 Å². The predicted molar refractivity (Wildman–Crippen MR) is 55.6 cm³/mol. The van der Waals surface area contributed by atoms with Crippen LogP contribution in [0.2, 0.25) is 0 Å². The second-order valence-corrected chi connectivity index (χ2v) is 5.85. The summed E-state index contributed by atoms with van der Waals surface area (Å²) in [6.07, 6.45) is 7.13. The molecule has 0 amide bonds. The molecular formula is C12H21NO. The third kappa shape index (κ3) is 1.24. The fourth-order valence-electron chi connectivity index (χ4n) is 4.79. The van der Waals surface area contributed by atoms with Gasteiger partial charge in [0.25, 0.3) is 0 Å². The van der Waals surface area contributed by atoms with Gasteiger partial charge in [0, 0.05) is 6.04 Å². The second kappa shape index (κ2) is 3.21. The Morgan fingerprint density at radius 3 is 1.93 bits per heavy atom. The van der Waals surface area contributed by atoms with Crippen molar-refractivity contribution < 1.29 is 5.11 Å². The van der Waals surface area contributed by atoms with Crippen molar-refractivity contribution in [2.24, 2.45) is 35.3 Å². The standard InChI is InChI=1S/C12H21NO/c13-11(6-14)12-9-2-7-1-8(4-9)5-10(12)3-7/h7-12,14H,1-6,13H2. The zero-order valence-electron chi connectivity index (χ0n) is 8.73. The van der Waals surface area contributed by atoms with Crippen molar-refractivity contribution >= 4 is 0 Å². The van der Waals surface area contributed by atoms with Gasteiger partial charge in [0.05, 0.1) is 6.61 Å². The van der Waals surface area contributed by atoms with Crippen LogP contribution in [0.25, 0.3) is 0 Å². The Kier molecular flexibility index (Phi) is 2.10. The topological polar surface area (TPSA) is 46.2 Å². The summed E-state index contributed by atoms with van der Waals surface area (Å²) in [5.41, 5.74) is 6.05. The predicted octanol–water partition coefficient (Wildman–Crippen LogP) is 1.38. The lowest BCUT2D eigenvalue weighted by Gasteiger charge is -2.55. The van der Waals surface area contributed by atoms with Crippen LogP contribution in [0.15, 0.2) is 0 Å². The Morgan fingerprint density at radius 1 is 1.00 bits per heavy atom. The Morgan fingerprint density at radius 2 is 1.50 bits per heavy atom. The summed E-state index contributed by atoms with van der Waals surface area (Å²) in [5, 5.41) is 9.19. The zero-order valence-corrected chi connectivity index (χ0v) is 8.73. The van der Waals surface area contributed by atoms with E-state index < -0.39 is 0 Å². The van der Waals surface area contributed by atoms with Gasteiger partial charge in [0.15, 0.2) is 0 Å². The first kappa shape index (κ1) is 9.17. The molecule has 0 saturated heterocycles. The highest BCUT2D eigenvalue weighted by Crippen LogP contribution is 2.57. The van der Waals surface area contributed by atoms with Gasteiger partial charge >= 0.3 is 0 Å². The summed E-state index contributed by atoms with van der Waals surface area (Å²) in [7, 11) is 0. The lowest BCUT2D eigenvalue weighted by Crippen LogP contribution is -2.52. The molecule has 14 heavy (non-hydrogen) atoms. The Balaban J connectivity index is 1.81. The van der Waals surface area contributed by atoms with E-state index in [1.54, 1.807) is 0 Å². The second-order valence-electron chi connectivity index (χ2n) is 5.85. The number of hydrogen-bond acceptors (Lipinski definition) is 2. The van der Waals surface area contributed by atoms with Crippen LogP contribution in [-0.4, -0.2) is 17.8 Å². The van der Waals surface area contributed by atoms with E-state index in [2.05, 4.69) is 0 Å². The van der Waals surface area contributed by atoms with E-state index in [0.717, 1.165) is 23.7 Å². The van der Waals surface area contributed by atoms with E-state index in [4.69, 9.17) is 5.73 Å². The minimum atomic E-state index is 0.0602. The monoisotopic (exact) mass is 195 g/mol. The molecule has 0 radical (unpaired) electrons. The summed E-state index contributed by atoms with van der Waals surface area (Å²) in [5.74, 6) is 4.38. The van der Waals surface area contributed by atoms with Gasteiger partial charge in [-0.3, -0.25) is 0 Å². The molecule has 4 fully saturated rings. The van der Waals surface area contributed by atoms with Crippen LogP contribution in [0.3, 0.4) is 0 Å². The highest BCUT2D eigenvalue weighted by molar-refractivity contribution is 5.00. The minimum Gasteiger partial charge on any atom is -0.395 e. The van der Waals surface area contributed by atoms with Crippen LogP contribution in [0, 0.1) is 29.6 Å². The van der Waals surface area contributed by atoms with Crippen molar-refractivity contribution in [2.75, 3.05) is 6.61 Å². The number of aliphatic hydroxyl groups excluding tert-OH is 1.